The first-order chi connectivity index (χ1) is 14.5. The number of hydrogen-bond donors (Lipinski definition) is 0. The molecule has 1 unspecified atom stereocenters. The molecular weight excluding hydrogens is 375 g/mol. The van der Waals surface area contributed by atoms with E-state index in [0.717, 1.165) is 43.6 Å². The van der Waals surface area contributed by atoms with Crippen molar-refractivity contribution < 1.29 is 13.9 Å². The van der Waals surface area contributed by atoms with Crippen LogP contribution in [0.15, 0.2) is 36.4 Å². The molecule has 2 nitrogen and oxygen atoms in total. The van der Waals surface area contributed by atoms with Crippen LogP contribution >= 0.6 is 0 Å². The molecule has 1 aliphatic heterocycles. The predicted molar refractivity (Wildman–Crippen MR) is 118 cm³/mol. The summed E-state index contributed by atoms with van der Waals surface area (Å²) >= 11 is 0. The molecule has 1 saturated carbocycles. The molecule has 0 bridgehead atoms. The molecule has 1 atom stereocenters. The van der Waals surface area contributed by atoms with Crippen molar-refractivity contribution in [1.29, 1.82) is 0 Å². The van der Waals surface area contributed by atoms with Crippen molar-refractivity contribution in [3.8, 4) is 0 Å². The first-order valence-electron chi connectivity index (χ1n) is 11.6. The molecule has 0 aromatic heterocycles. The lowest BCUT2D eigenvalue weighted by Crippen LogP contribution is -2.36. The van der Waals surface area contributed by atoms with Crippen LogP contribution in [-0.2, 0) is 30.4 Å². The predicted octanol–water partition coefficient (Wildman–Crippen LogP) is 6.47. The summed E-state index contributed by atoms with van der Waals surface area (Å²) in [4.78, 5) is 12.7. The molecule has 4 rings (SSSR count). The van der Waals surface area contributed by atoms with E-state index >= 15 is 4.39 Å². The summed E-state index contributed by atoms with van der Waals surface area (Å²) in [5.74, 6) is 0.325. The van der Waals surface area contributed by atoms with Gasteiger partial charge in [0.25, 0.3) is 0 Å². The molecular formula is C27H33FO2. The average molecular weight is 409 g/mol. The van der Waals surface area contributed by atoms with Gasteiger partial charge >= 0.3 is 5.97 Å². The number of esters is 1. The second kappa shape index (κ2) is 9.32. The van der Waals surface area contributed by atoms with Gasteiger partial charge < -0.3 is 4.74 Å². The van der Waals surface area contributed by atoms with E-state index in [4.69, 9.17) is 4.74 Å². The van der Waals surface area contributed by atoms with Crippen LogP contribution in [-0.4, -0.2) is 12.1 Å². The zero-order valence-corrected chi connectivity index (χ0v) is 18.3. The number of fused-ring (bicyclic) bond motifs is 1. The molecule has 2 aromatic rings. The molecule has 0 spiro atoms. The maximum Gasteiger partial charge on any atom is 0.341 e. The minimum absolute atomic E-state index is 0.0932. The summed E-state index contributed by atoms with van der Waals surface area (Å²) in [6, 6.07) is 12.4. The zero-order valence-electron chi connectivity index (χ0n) is 18.3. The monoisotopic (exact) mass is 408 g/mol. The Morgan fingerprint density at radius 3 is 2.27 bits per heavy atom. The Labute approximate surface area is 179 Å². The van der Waals surface area contributed by atoms with Crippen molar-refractivity contribution in [3.63, 3.8) is 0 Å². The van der Waals surface area contributed by atoms with Crippen LogP contribution in [0.5, 0.6) is 0 Å². The third-order valence-corrected chi connectivity index (χ3v) is 7.02. The Morgan fingerprint density at radius 2 is 1.60 bits per heavy atom. The van der Waals surface area contributed by atoms with Gasteiger partial charge in [-0.3, -0.25) is 0 Å². The number of halogens is 1. The standard InChI is InChI=1S/C27H33FO2/c1-3-4-19-7-9-20(10-8-19)11-14-22-15-16-23-17-24(21-12-5-18(2)6-13-21)30-27(29)25(23)26(22)28/h7-10,15-16,18,21,24H,3-6,11-14,17H2,1-2H3. The summed E-state index contributed by atoms with van der Waals surface area (Å²) in [5, 5.41) is 0. The third kappa shape index (κ3) is 4.61. The second-order valence-corrected chi connectivity index (χ2v) is 9.31. The number of rotatable bonds is 6. The van der Waals surface area contributed by atoms with Crippen LogP contribution in [0.3, 0.4) is 0 Å². The lowest BCUT2D eigenvalue weighted by Gasteiger charge is -2.35. The van der Waals surface area contributed by atoms with E-state index in [1.54, 1.807) is 0 Å². The minimum Gasteiger partial charge on any atom is -0.458 e. The summed E-state index contributed by atoms with van der Waals surface area (Å²) in [7, 11) is 0. The molecule has 0 saturated heterocycles. The molecule has 1 heterocycles. The second-order valence-electron chi connectivity index (χ2n) is 9.31. The van der Waals surface area contributed by atoms with E-state index in [-0.39, 0.29) is 17.5 Å². The van der Waals surface area contributed by atoms with Gasteiger partial charge in [-0.25, -0.2) is 9.18 Å². The molecule has 2 aliphatic rings. The Morgan fingerprint density at radius 1 is 0.933 bits per heavy atom. The number of cyclic esters (lactones) is 1. The van der Waals surface area contributed by atoms with Crippen molar-refractivity contribution in [1.82, 2.24) is 0 Å². The van der Waals surface area contributed by atoms with E-state index in [2.05, 4.69) is 38.1 Å². The Hall–Kier alpha value is -2.16. The molecule has 0 N–H and O–H groups in total. The quantitative estimate of drug-likeness (QED) is 0.512. The first-order valence-corrected chi connectivity index (χ1v) is 11.6. The SMILES string of the molecule is CCCc1ccc(CCc2ccc3c(c2F)C(=O)OC(C2CCC(C)CC2)C3)cc1. The molecule has 0 radical (unpaired) electrons. The Balaban J connectivity index is 1.44. The van der Waals surface area contributed by atoms with Crippen LogP contribution in [0.1, 0.15) is 78.6 Å². The van der Waals surface area contributed by atoms with Gasteiger partial charge in [0.1, 0.15) is 11.9 Å². The molecule has 0 amide bonds. The fourth-order valence-corrected chi connectivity index (χ4v) is 5.06. The Bertz CT molecular complexity index is 878. The van der Waals surface area contributed by atoms with Gasteiger partial charge in [-0.15, -0.1) is 0 Å². The number of ether oxygens (including phenoxy) is 1. The van der Waals surface area contributed by atoms with Gasteiger partial charge in [0, 0.05) is 6.42 Å². The van der Waals surface area contributed by atoms with Gasteiger partial charge in [0.05, 0.1) is 5.56 Å². The Kier molecular flexibility index (Phi) is 6.55. The number of carbonyl (C=O) groups is 1. The highest BCUT2D eigenvalue weighted by atomic mass is 19.1. The molecule has 3 heteroatoms. The number of benzene rings is 2. The molecule has 160 valence electrons. The van der Waals surface area contributed by atoms with Crippen LogP contribution in [0.4, 0.5) is 4.39 Å². The average Bonchev–Trinajstić information content (AvgIpc) is 2.75. The van der Waals surface area contributed by atoms with E-state index in [0.29, 0.717) is 24.3 Å². The summed E-state index contributed by atoms with van der Waals surface area (Å²) in [6.45, 7) is 4.46. The van der Waals surface area contributed by atoms with Gasteiger partial charge in [-0.1, -0.05) is 69.5 Å². The fraction of sp³-hybridized carbons (Fsp3) is 0.519. The maximum absolute atomic E-state index is 15.2. The highest BCUT2D eigenvalue weighted by Crippen LogP contribution is 2.36. The van der Waals surface area contributed by atoms with Gasteiger partial charge in [0.2, 0.25) is 0 Å². The number of aryl methyl sites for hydroxylation is 3. The summed E-state index contributed by atoms with van der Waals surface area (Å²) in [6.07, 6.45) is 8.72. The van der Waals surface area contributed by atoms with Crippen LogP contribution < -0.4 is 0 Å². The van der Waals surface area contributed by atoms with Crippen molar-refractivity contribution in [2.24, 2.45) is 11.8 Å². The number of hydrogen-bond acceptors (Lipinski definition) is 2. The molecule has 1 fully saturated rings. The minimum atomic E-state index is -0.469. The van der Waals surface area contributed by atoms with Crippen LogP contribution in [0.25, 0.3) is 0 Å². The molecule has 2 aromatic carbocycles. The van der Waals surface area contributed by atoms with Crippen molar-refractivity contribution >= 4 is 5.97 Å². The summed E-state index contributed by atoms with van der Waals surface area (Å²) < 4.78 is 20.9. The lowest BCUT2D eigenvalue weighted by atomic mass is 9.77. The highest BCUT2D eigenvalue weighted by Gasteiger charge is 2.35. The smallest absolute Gasteiger partial charge is 0.341 e. The van der Waals surface area contributed by atoms with Gasteiger partial charge in [-0.2, -0.15) is 0 Å². The molecule has 1 aliphatic carbocycles. The lowest BCUT2D eigenvalue weighted by molar-refractivity contribution is -0.000181. The normalized spacial score (nSPS) is 23.7. The third-order valence-electron chi connectivity index (χ3n) is 7.02. The molecule has 30 heavy (non-hydrogen) atoms. The fourth-order valence-electron chi connectivity index (χ4n) is 5.06. The largest absolute Gasteiger partial charge is 0.458 e. The van der Waals surface area contributed by atoms with Crippen molar-refractivity contribution in [2.45, 2.75) is 77.7 Å². The summed E-state index contributed by atoms with van der Waals surface area (Å²) in [5.41, 5.74) is 4.13. The van der Waals surface area contributed by atoms with E-state index in [9.17, 15) is 4.79 Å². The number of carbonyl (C=O) groups excluding carboxylic acids is 1. The van der Waals surface area contributed by atoms with Gasteiger partial charge in [-0.05, 0) is 66.2 Å². The van der Waals surface area contributed by atoms with E-state index in [1.807, 2.05) is 12.1 Å². The maximum atomic E-state index is 15.2. The van der Waals surface area contributed by atoms with E-state index in [1.165, 1.54) is 24.0 Å². The van der Waals surface area contributed by atoms with Crippen LogP contribution in [0, 0.1) is 17.7 Å². The topological polar surface area (TPSA) is 26.3 Å². The van der Waals surface area contributed by atoms with Crippen molar-refractivity contribution in [2.75, 3.05) is 0 Å². The van der Waals surface area contributed by atoms with E-state index < -0.39 is 5.97 Å². The van der Waals surface area contributed by atoms with Crippen molar-refractivity contribution in [3.05, 3.63) is 70.0 Å². The van der Waals surface area contributed by atoms with Gasteiger partial charge in [0.15, 0.2) is 0 Å². The zero-order chi connectivity index (χ0) is 21.1. The van der Waals surface area contributed by atoms with Crippen LogP contribution in [0.2, 0.25) is 0 Å². The first kappa shape index (κ1) is 21.1. The highest BCUT2D eigenvalue weighted by molar-refractivity contribution is 5.92.